The summed E-state index contributed by atoms with van der Waals surface area (Å²) in [5, 5.41) is 16.2. The molecule has 1 saturated carbocycles. The smallest absolute Gasteiger partial charge is 0.228 e. The number of nitrogens with zero attached hydrogens (tertiary/aromatic N) is 3. The number of amides is 1. The molecule has 94 valence electrons. The summed E-state index contributed by atoms with van der Waals surface area (Å²) >= 11 is 5.16. The van der Waals surface area contributed by atoms with Gasteiger partial charge in [-0.15, -0.1) is 21.5 Å². The number of rotatable bonds is 4. The third kappa shape index (κ3) is 2.59. The van der Waals surface area contributed by atoms with E-state index in [-0.39, 0.29) is 18.4 Å². The summed E-state index contributed by atoms with van der Waals surface area (Å²) < 4.78 is 1.13. The summed E-state index contributed by atoms with van der Waals surface area (Å²) in [7, 11) is 0. The van der Waals surface area contributed by atoms with E-state index in [1.165, 1.54) is 4.88 Å². The Kier molecular flexibility index (Phi) is 3.13. The SMILES string of the molecule is O=C(Cc1nn[nH]n1)N[C@@H]1C[C@H]1c1ccc(Br)s1. The normalized spacial score (nSPS) is 21.8. The number of aromatic nitrogens is 4. The summed E-state index contributed by atoms with van der Waals surface area (Å²) in [4.78, 5) is 13.0. The Morgan fingerprint density at radius 1 is 1.61 bits per heavy atom. The van der Waals surface area contributed by atoms with Crippen molar-refractivity contribution in [2.45, 2.75) is 24.8 Å². The number of tetrazole rings is 1. The van der Waals surface area contributed by atoms with Gasteiger partial charge in [-0.2, -0.15) is 5.21 Å². The molecule has 0 aromatic carbocycles. The highest BCUT2D eigenvalue weighted by atomic mass is 79.9. The molecule has 2 aromatic rings. The van der Waals surface area contributed by atoms with Gasteiger partial charge in [0.1, 0.15) is 0 Å². The second-order valence-electron chi connectivity index (χ2n) is 4.16. The van der Waals surface area contributed by atoms with Crippen LogP contribution in [0.4, 0.5) is 0 Å². The summed E-state index contributed by atoms with van der Waals surface area (Å²) in [6, 6.07) is 4.39. The predicted molar refractivity (Wildman–Crippen MR) is 69.2 cm³/mol. The van der Waals surface area contributed by atoms with Crippen LogP contribution in [-0.2, 0) is 11.2 Å². The van der Waals surface area contributed by atoms with Gasteiger partial charge in [0.05, 0.1) is 10.2 Å². The third-order valence-electron chi connectivity index (χ3n) is 2.80. The van der Waals surface area contributed by atoms with E-state index in [9.17, 15) is 4.79 Å². The van der Waals surface area contributed by atoms with Crippen LogP contribution in [0.3, 0.4) is 0 Å². The molecular formula is C10H10BrN5OS. The van der Waals surface area contributed by atoms with Gasteiger partial charge in [-0.25, -0.2) is 0 Å². The fraction of sp³-hybridized carbons (Fsp3) is 0.400. The van der Waals surface area contributed by atoms with Crippen LogP contribution in [0.15, 0.2) is 15.9 Å². The zero-order valence-electron chi connectivity index (χ0n) is 9.26. The molecule has 0 saturated heterocycles. The van der Waals surface area contributed by atoms with Crippen LogP contribution >= 0.6 is 27.3 Å². The van der Waals surface area contributed by atoms with E-state index in [0.29, 0.717) is 11.7 Å². The van der Waals surface area contributed by atoms with Gasteiger partial charge in [0.2, 0.25) is 5.91 Å². The molecule has 0 unspecified atom stereocenters. The number of halogens is 1. The van der Waals surface area contributed by atoms with Gasteiger partial charge in [0.25, 0.3) is 0 Å². The molecule has 8 heteroatoms. The van der Waals surface area contributed by atoms with E-state index in [0.717, 1.165) is 10.2 Å². The Balaban J connectivity index is 1.52. The fourth-order valence-electron chi connectivity index (χ4n) is 1.86. The van der Waals surface area contributed by atoms with E-state index in [2.05, 4.69) is 47.9 Å². The number of thiophene rings is 1. The van der Waals surface area contributed by atoms with Gasteiger partial charge in [-0.05, 0) is 34.5 Å². The highest BCUT2D eigenvalue weighted by Gasteiger charge is 2.40. The first-order valence-electron chi connectivity index (χ1n) is 5.49. The van der Waals surface area contributed by atoms with Crippen molar-refractivity contribution in [3.05, 3.63) is 26.6 Å². The van der Waals surface area contributed by atoms with Crippen LogP contribution in [-0.4, -0.2) is 32.6 Å². The average molecular weight is 328 g/mol. The second-order valence-corrected chi connectivity index (χ2v) is 6.66. The van der Waals surface area contributed by atoms with Gasteiger partial charge in [-0.1, -0.05) is 5.21 Å². The molecule has 2 atom stereocenters. The Labute approximate surface area is 115 Å². The van der Waals surface area contributed by atoms with Crippen molar-refractivity contribution in [2.75, 3.05) is 0 Å². The maximum atomic E-state index is 11.7. The molecule has 1 aliphatic carbocycles. The molecule has 3 rings (SSSR count). The predicted octanol–water partition coefficient (Wildman–Crippen LogP) is 1.24. The standard InChI is InChI=1S/C10H10BrN5OS/c11-8-2-1-7(18-8)5-3-6(5)12-10(17)4-9-13-15-16-14-9/h1-2,5-6H,3-4H2,(H,12,17)(H,13,14,15,16)/t5-,6-/m1/s1. The lowest BCUT2D eigenvalue weighted by atomic mass is 10.3. The van der Waals surface area contributed by atoms with E-state index in [4.69, 9.17) is 0 Å². The van der Waals surface area contributed by atoms with Crippen molar-refractivity contribution in [1.29, 1.82) is 0 Å². The third-order valence-corrected chi connectivity index (χ3v) is 4.56. The van der Waals surface area contributed by atoms with Gasteiger partial charge < -0.3 is 5.32 Å². The summed E-state index contributed by atoms with van der Waals surface area (Å²) in [5.41, 5.74) is 0. The van der Waals surface area contributed by atoms with Crippen molar-refractivity contribution >= 4 is 33.2 Å². The van der Waals surface area contributed by atoms with Crippen LogP contribution < -0.4 is 5.32 Å². The van der Waals surface area contributed by atoms with Gasteiger partial charge in [0.15, 0.2) is 5.82 Å². The van der Waals surface area contributed by atoms with E-state index in [1.54, 1.807) is 11.3 Å². The van der Waals surface area contributed by atoms with Crippen molar-refractivity contribution < 1.29 is 4.79 Å². The number of carbonyl (C=O) groups excluding carboxylic acids is 1. The van der Waals surface area contributed by atoms with E-state index >= 15 is 0 Å². The molecule has 0 radical (unpaired) electrons. The van der Waals surface area contributed by atoms with E-state index in [1.807, 2.05) is 6.07 Å². The van der Waals surface area contributed by atoms with Gasteiger partial charge >= 0.3 is 0 Å². The Hall–Kier alpha value is -1.28. The van der Waals surface area contributed by atoms with Crippen molar-refractivity contribution in [2.24, 2.45) is 0 Å². The van der Waals surface area contributed by atoms with Crippen LogP contribution in [0.25, 0.3) is 0 Å². The molecule has 0 bridgehead atoms. The summed E-state index contributed by atoms with van der Waals surface area (Å²) in [6.07, 6.45) is 1.18. The monoisotopic (exact) mass is 327 g/mol. The molecule has 0 spiro atoms. The van der Waals surface area contributed by atoms with Crippen molar-refractivity contribution in [3.8, 4) is 0 Å². The Bertz CT molecular complexity index is 554. The number of carbonyl (C=O) groups is 1. The Morgan fingerprint density at radius 2 is 2.50 bits per heavy atom. The maximum Gasteiger partial charge on any atom is 0.228 e. The molecule has 0 aliphatic heterocycles. The lowest BCUT2D eigenvalue weighted by Crippen LogP contribution is -2.28. The molecule has 18 heavy (non-hydrogen) atoms. The van der Waals surface area contributed by atoms with Crippen molar-refractivity contribution in [3.63, 3.8) is 0 Å². The minimum absolute atomic E-state index is 0.0560. The average Bonchev–Trinajstić information content (AvgIpc) is 2.76. The van der Waals surface area contributed by atoms with Crippen molar-refractivity contribution in [1.82, 2.24) is 25.9 Å². The Morgan fingerprint density at radius 3 is 3.17 bits per heavy atom. The van der Waals surface area contributed by atoms with Crippen LogP contribution in [0.1, 0.15) is 23.0 Å². The maximum absolute atomic E-state index is 11.7. The highest BCUT2D eigenvalue weighted by Crippen LogP contribution is 2.44. The van der Waals surface area contributed by atoms with Crippen LogP contribution in [0.2, 0.25) is 0 Å². The minimum atomic E-state index is -0.0560. The molecule has 6 nitrogen and oxygen atoms in total. The van der Waals surface area contributed by atoms with Gasteiger partial charge in [0, 0.05) is 16.8 Å². The van der Waals surface area contributed by atoms with Crippen LogP contribution in [0.5, 0.6) is 0 Å². The lowest BCUT2D eigenvalue weighted by molar-refractivity contribution is -0.120. The highest BCUT2D eigenvalue weighted by molar-refractivity contribution is 9.11. The largest absolute Gasteiger partial charge is 0.352 e. The molecule has 1 amide bonds. The van der Waals surface area contributed by atoms with Crippen LogP contribution in [0, 0.1) is 0 Å². The van der Waals surface area contributed by atoms with Gasteiger partial charge in [-0.3, -0.25) is 4.79 Å². The molecule has 2 aromatic heterocycles. The first-order chi connectivity index (χ1) is 8.72. The summed E-state index contributed by atoms with van der Waals surface area (Å²) in [5.74, 6) is 0.818. The lowest BCUT2D eigenvalue weighted by Gasteiger charge is -2.01. The molecule has 2 heterocycles. The molecular weight excluding hydrogens is 318 g/mol. The zero-order valence-corrected chi connectivity index (χ0v) is 11.7. The van der Waals surface area contributed by atoms with E-state index < -0.39 is 0 Å². The minimum Gasteiger partial charge on any atom is -0.352 e. The first-order valence-corrected chi connectivity index (χ1v) is 7.10. The summed E-state index contributed by atoms with van der Waals surface area (Å²) in [6.45, 7) is 0. The number of nitrogens with one attached hydrogen (secondary N) is 2. The zero-order chi connectivity index (χ0) is 12.5. The molecule has 1 aliphatic rings. The quantitative estimate of drug-likeness (QED) is 0.884. The number of H-pyrrole nitrogens is 1. The first kappa shape index (κ1) is 11.8. The second kappa shape index (κ2) is 4.77. The molecule has 2 N–H and O–H groups in total. The number of hydrogen-bond donors (Lipinski definition) is 2. The number of aromatic amines is 1. The molecule has 1 fully saturated rings. The number of hydrogen-bond acceptors (Lipinski definition) is 5. The fourth-order valence-corrected chi connectivity index (χ4v) is 3.46. The topological polar surface area (TPSA) is 83.6 Å².